The summed E-state index contributed by atoms with van der Waals surface area (Å²) in [6.07, 6.45) is 2.99. The van der Waals surface area contributed by atoms with Gasteiger partial charge in [-0.3, -0.25) is 0 Å². The predicted molar refractivity (Wildman–Crippen MR) is 63.5 cm³/mol. The van der Waals surface area contributed by atoms with Crippen LogP contribution >= 0.6 is 0 Å². The van der Waals surface area contributed by atoms with Crippen LogP contribution in [0.4, 0.5) is 0 Å². The normalized spacial score (nSPS) is 8.33. The largest absolute Gasteiger partial charge is 0.213 e. The molecule has 0 spiro atoms. The van der Waals surface area contributed by atoms with E-state index in [1.807, 2.05) is 30.3 Å². The molecule has 0 N–H and O–H groups in total. The molecule has 2 aromatic carbocycles. The first-order valence-corrected chi connectivity index (χ1v) is 4.91. The van der Waals surface area contributed by atoms with Crippen LogP contribution in [0.15, 0.2) is 55.1 Å². The molecule has 0 saturated carbocycles. The Morgan fingerprint density at radius 1 is 1.00 bits per heavy atom. The average Bonchev–Trinajstić information content (AvgIpc) is 2.92. The van der Waals surface area contributed by atoms with Crippen molar-refractivity contribution < 1.29 is 17.1 Å². The minimum atomic E-state index is 0. The van der Waals surface area contributed by atoms with Crippen LogP contribution in [0.3, 0.4) is 0 Å². The first kappa shape index (κ1) is 14.0. The number of hydrogen-bond acceptors (Lipinski definition) is 0. The van der Waals surface area contributed by atoms with Gasteiger partial charge in [0.25, 0.3) is 0 Å². The molecule has 0 heterocycles. The van der Waals surface area contributed by atoms with Gasteiger partial charge in [-0.2, -0.15) is 36.4 Å². The second-order valence-electron chi connectivity index (χ2n) is 3.07. The Hall–Kier alpha value is -1.04. The van der Waals surface area contributed by atoms with E-state index in [0.717, 1.165) is 6.42 Å². The van der Waals surface area contributed by atoms with Crippen LogP contribution < -0.4 is 0 Å². The van der Waals surface area contributed by atoms with E-state index in [0.29, 0.717) is 0 Å². The van der Waals surface area contributed by atoms with Crippen molar-refractivity contribution in [2.24, 2.45) is 0 Å². The third kappa shape index (κ3) is 5.41. The second kappa shape index (κ2) is 8.28. The van der Waals surface area contributed by atoms with Gasteiger partial charge in [0, 0.05) is 17.1 Å². The van der Waals surface area contributed by atoms with Crippen molar-refractivity contribution in [3.63, 3.8) is 0 Å². The van der Waals surface area contributed by atoms with Gasteiger partial charge in [0.1, 0.15) is 0 Å². The molecule has 0 aliphatic heterocycles. The summed E-state index contributed by atoms with van der Waals surface area (Å²) in [5, 5.41) is 0. The van der Waals surface area contributed by atoms with E-state index in [9.17, 15) is 0 Å². The van der Waals surface area contributed by atoms with Crippen LogP contribution in [0.5, 0.6) is 0 Å². The number of aryl methyl sites for hydroxylation is 1. The summed E-state index contributed by atoms with van der Waals surface area (Å²) in [5.74, 6) is 0. The van der Waals surface area contributed by atoms with Gasteiger partial charge in [0.15, 0.2) is 0 Å². The fourth-order valence-corrected chi connectivity index (χ4v) is 1.17. The molecule has 0 fully saturated rings. The van der Waals surface area contributed by atoms with Crippen LogP contribution in [0.1, 0.15) is 18.1 Å². The van der Waals surface area contributed by atoms with Crippen LogP contribution in [0, 0.1) is 0 Å². The monoisotopic (exact) mass is 240 g/mol. The summed E-state index contributed by atoms with van der Waals surface area (Å²) in [4.78, 5) is 0. The van der Waals surface area contributed by atoms with Gasteiger partial charge in [-0.25, -0.2) is 12.1 Å². The van der Waals surface area contributed by atoms with Gasteiger partial charge in [-0.15, -0.1) is 23.8 Å². The summed E-state index contributed by atoms with van der Waals surface area (Å²) in [7, 11) is 0. The van der Waals surface area contributed by atoms with E-state index in [4.69, 9.17) is 0 Å². The Bertz CT molecular complexity index is 327. The van der Waals surface area contributed by atoms with Crippen LogP contribution in [0.25, 0.3) is 6.08 Å². The fourth-order valence-electron chi connectivity index (χ4n) is 1.17. The standard InChI is InChI=1S/C7H9.C7H7.Fe/c2*1-2-7-5-3-4-6-7;/h3-6H,2H2,1H3;2-6H,1H2;/q2*-1;. The molecule has 82 valence electrons. The van der Waals surface area contributed by atoms with Gasteiger partial charge in [0.2, 0.25) is 0 Å². The molecule has 0 aliphatic carbocycles. The molecule has 1 heteroatoms. The Morgan fingerprint density at radius 3 is 1.73 bits per heavy atom. The number of hydrogen-bond donors (Lipinski definition) is 0. The maximum atomic E-state index is 3.60. The van der Waals surface area contributed by atoms with E-state index >= 15 is 0 Å². The predicted octanol–water partition coefficient (Wildman–Crippen LogP) is 4.01. The Labute approximate surface area is 103 Å². The van der Waals surface area contributed by atoms with Crippen LogP contribution in [-0.4, -0.2) is 0 Å². The molecule has 0 unspecified atom stereocenters. The third-order valence-corrected chi connectivity index (χ3v) is 2.06. The van der Waals surface area contributed by atoms with Crippen molar-refractivity contribution in [1.82, 2.24) is 0 Å². The van der Waals surface area contributed by atoms with Crippen LogP contribution in [0.2, 0.25) is 0 Å². The zero-order chi connectivity index (χ0) is 10.2. The minimum Gasteiger partial charge on any atom is -0.213 e. The molecule has 15 heavy (non-hydrogen) atoms. The first-order valence-electron chi connectivity index (χ1n) is 4.91. The molecule has 0 atom stereocenters. The van der Waals surface area contributed by atoms with Crippen molar-refractivity contribution in [1.29, 1.82) is 0 Å². The topological polar surface area (TPSA) is 0 Å². The average molecular weight is 240 g/mol. The van der Waals surface area contributed by atoms with E-state index < -0.39 is 0 Å². The maximum absolute atomic E-state index is 3.60. The van der Waals surface area contributed by atoms with E-state index in [1.165, 1.54) is 11.1 Å². The number of rotatable bonds is 2. The Morgan fingerprint density at radius 2 is 1.47 bits per heavy atom. The van der Waals surface area contributed by atoms with Gasteiger partial charge in [-0.05, 0) is 0 Å². The fraction of sp³-hybridized carbons (Fsp3) is 0.143. The van der Waals surface area contributed by atoms with Crippen molar-refractivity contribution in [2.45, 2.75) is 13.3 Å². The maximum Gasteiger partial charge on any atom is 0 e. The molecular formula is C14H16Fe-2. The molecule has 2 rings (SSSR count). The molecular weight excluding hydrogens is 224 g/mol. The first-order chi connectivity index (χ1) is 6.86. The van der Waals surface area contributed by atoms with Gasteiger partial charge < -0.3 is 0 Å². The smallest absolute Gasteiger partial charge is 0 e. The van der Waals surface area contributed by atoms with Crippen molar-refractivity contribution >= 4 is 6.08 Å². The minimum absolute atomic E-state index is 0. The van der Waals surface area contributed by atoms with E-state index in [2.05, 4.69) is 37.8 Å². The molecule has 0 amide bonds. The Kier molecular flexibility index (Phi) is 7.71. The van der Waals surface area contributed by atoms with E-state index in [1.54, 1.807) is 0 Å². The van der Waals surface area contributed by atoms with Crippen molar-refractivity contribution in [2.75, 3.05) is 0 Å². The van der Waals surface area contributed by atoms with Gasteiger partial charge >= 0.3 is 0 Å². The second-order valence-corrected chi connectivity index (χ2v) is 3.07. The Balaban J connectivity index is 0.000000245. The molecule has 2 aromatic rings. The zero-order valence-electron chi connectivity index (χ0n) is 8.96. The third-order valence-electron chi connectivity index (χ3n) is 2.06. The van der Waals surface area contributed by atoms with Gasteiger partial charge in [0.05, 0.1) is 0 Å². The summed E-state index contributed by atoms with van der Waals surface area (Å²) in [6.45, 7) is 5.77. The SMILES string of the molecule is C=C[c-]1cccc1.CC[c-]1cccc1.[Fe]. The molecule has 0 nitrogen and oxygen atoms in total. The quantitative estimate of drug-likeness (QED) is 0.549. The molecule has 0 radical (unpaired) electrons. The molecule has 0 aliphatic rings. The van der Waals surface area contributed by atoms with Crippen LogP contribution in [-0.2, 0) is 23.5 Å². The molecule has 0 bridgehead atoms. The van der Waals surface area contributed by atoms with Crippen molar-refractivity contribution in [3.05, 3.63) is 66.2 Å². The zero-order valence-corrected chi connectivity index (χ0v) is 10.1. The van der Waals surface area contributed by atoms with E-state index in [-0.39, 0.29) is 17.1 Å². The summed E-state index contributed by atoms with van der Waals surface area (Å²) in [5.41, 5.74) is 2.63. The van der Waals surface area contributed by atoms with Gasteiger partial charge in [-0.1, -0.05) is 13.3 Å². The summed E-state index contributed by atoms with van der Waals surface area (Å²) < 4.78 is 0. The summed E-state index contributed by atoms with van der Waals surface area (Å²) in [6, 6.07) is 16.5. The van der Waals surface area contributed by atoms with Crippen molar-refractivity contribution in [3.8, 4) is 0 Å². The summed E-state index contributed by atoms with van der Waals surface area (Å²) >= 11 is 0. The molecule has 0 saturated heterocycles. The molecule has 0 aromatic heterocycles.